The van der Waals surface area contributed by atoms with Gasteiger partial charge in [-0.05, 0) is 29.2 Å². The number of hydrogen-bond donors (Lipinski definition) is 0. The Bertz CT molecular complexity index is 636. The van der Waals surface area contributed by atoms with Crippen molar-refractivity contribution in [3.05, 3.63) is 54.4 Å². The number of hydrogen-bond acceptors (Lipinski definition) is 2. The van der Waals surface area contributed by atoms with E-state index in [4.69, 9.17) is 9.47 Å². The van der Waals surface area contributed by atoms with Crippen molar-refractivity contribution in [3.8, 4) is 0 Å². The minimum atomic E-state index is -0.414. The summed E-state index contributed by atoms with van der Waals surface area (Å²) in [6.45, 7) is 5.12. The Labute approximate surface area is 146 Å². The second kappa shape index (κ2) is 8.13. The van der Waals surface area contributed by atoms with Crippen LogP contribution in [0.5, 0.6) is 0 Å². The molecule has 0 amide bonds. The molecule has 0 spiro atoms. The Morgan fingerprint density at radius 1 is 0.958 bits per heavy atom. The molecule has 1 radical (unpaired) electrons. The third-order valence-electron chi connectivity index (χ3n) is 4.95. The van der Waals surface area contributed by atoms with E-state index in [2.05, 4.69) is 62.7 Å². The van der Waals surface area contributed by atoms with Gasteiger partial charge in [-0.3, -0.25) is 0 Å². The lowest BCUT2D eigenvalue weighted by atomic mass is 9.95. The van der Waals surface area contributed by atoms with Crippen LogP contribution in [0.15, 0.2) is 42.5 Å². The molecule has 1 unspecified atom stereocenters. The Morgan fingerprint density at radius 3 is 2.42 bits per heavy atom. The summed E-state index contributed by atoms with van der Waals surface area (Å²) >= 11 is 0. The van der Waals surface area contributed by atoms with Gasteiger partial charge in [0.25, 0.3) is 0 Å². The second-order valence-corrected chi connectivity index (χ2v) is 6.77. The van der Waals surface area contributed by atoms with Crippen molar-refractivity contribution in [2.45, 2.75) is 64.3 Å². The molecule has 2 heteroatoms. The van der Waals surface area contributed by atoms with Gasteiger partial charge in [0.1, 0.15) is 0 Å². The summed E-state index contributed by atoms with van der Waals surface area (Å²) < 4.78 is 12.8. The van der Waals surface area contributed by atoms with E-state index >= 15 is 0 Å². The normalized spacial score (nSPS) is 20.3. The molecule has 1 heterocycles. The van der Waals surface area contributed by atoms with Crippen LogP contribution in [0.25, 0.3) is 10.8 Å². The first-order valence-corrected chi connectivity index (χ1v) is 9.41. The van der Waals surface area contributed by atoms with Crippen LogP contribution in [-0.4, -0.2) is 12.4 Å². The van der Waals surface area contributed by atoms with E-state index in [1.807, 2.05) is 0 Å². The standard InChI is InChI=1S/C22H29O2/c1-3-5-15-22(16-6-4-2)23-17-14-21(24-22)20-13-9-11-18-10-7-8-12-19(18)20/h7-14,21H,3-6,15-17H2,1-2H3. The van der Waals surface area contributed by atoms with Crippen molar-refractivity contribution in [1.82, 2.24) is 0 Å². The molecule has 1 atom stereocenters. The summed E-state index contributed by atoms with van der Waals surface area (Å²) in [5.74, 6) is -0.414. The summed E-state index contributed by atoms with van der Waals surface area (Å²) in [5, 5.41) is 2.55. The Morgan fingerprint density at radius 2 is 1.67 bits per heavy atom. The van der Waals surface area contributed by atoms with Gasteiger partial charge in [-0.2, -0.15) is 0 Å². The molecule has 0 aromatic heterocycles. The van der Waals surface area contributed by atoms with Crippen molar-refractivity contribution < 1.29 is 9.47 Å². The maximum absolute atomic E-state index is 6.59. The highest BCUT2D eigenvalue weighted by atomic mass is 16.7. The summed E-state index contributed by atoms with van der Waals surface area (Å²) in [6.07, 6.45) is 8.78. The molecule has 0 aliphatic carbocycles. The Hall–Kier alpha value is -1.38. The van der Waals surface area contributed by atoms with Crippen molar-refractivity contribution in [3.63, 3.8) is 0 Å². The van der Waals surface area contributed by atoms with Crippen LogP contribution >= 0.6 is 0 Å². The summed E-state index contributed by atoms with van der Waals surface area (Å²) in [5.41, 5.74) is 1.26. The van der Waals surface area contributed by atoms with E-state index in [1.54, 1.807) is 0 Å². The van der Waals surface area contributed by atoms with E-state index in [0.717, 1.165) is 25.7 Å². The third-order valence-corrected chi connectivity index (χ3v) is 4.95. The molecular formula is C22H29O2. The lowest BCUT2D eigenvalue weighted by molar-refractivity contribution is -0.285. The quantitative estimate of drug-likeness (QED) is 0.602. The van der Waals surface area contributed by atoms with Crippen LogP contribution in [0, 0.1) is 6.42 Å². The fourth-order valence-corrected chi connectivity index (χ4v) is 3.57. The van der Waals surface area contributed by atoms with E-state index in [9.17, 15) is 0 Å². The number of unbranched alkanes of at least 4 members (excludes halogenated alkanes) is 2. The summed E-state index contributed by atoms with van der Waals surface area (Å²) in [6, 6.07) is 15.0. The largest absolute Gasteiger partial charge is 0.349 e. The molecule has 0 N–H and O–H groups in total. The maximum Gasteiger partial charge on any atom is 0.169 e. The molecule has 2 aromatic rings. The first kappa shape index (κ1) is 17.4. The van der Waals surface area contributed by atoms with Crippen LogP contribution in [0.4, 0.5) is 0 Å². The molecule has 2 nitrogen and oxygen atoms in total. The number of benzene rings is 2. The molecule has 24 heavy (non-hydrogen) atoms. The Balaban J connectivity index is 1.87. The predicted octanol–water partition coefficient (Wildman–Crippen LogP) is 6.21. The third kappa shape index (κ3) is 3.81. The van der Waals surface area contributed by atoms with Crippen molar-refractivity contribution in [2.24, 2.45) is 0 Å². The van der Waals surface area contributed by atoms with Gasteiger partial charge < -0.3 is 9.47 Å². The number of rotatable bonds is 7. The van der Waals surface area contributed by atoms with Crippen LogP contribution in [0.2, 0.25) is 0 Å². The van der Waals surface area contributed by atoms with E-state index < -0.39 is 5.79 Å². The number of ether oxygens (including phenoxy) is 2. The molecule has 1 saturated heterocycles. The molecule has 1 aliphatic rings. The first-order valence-electron chi connectivity index (χ1n) is 9.41. The topological polar surface area (TPSA) is 18.5 Å². The van der Waals surface area contributed by atoms with Gasteiger partial charge in [-0.1, -0.05) is 69.2 Å². The fourth-order valence-electron chi connectivity index (χ4n) is 3.57. The van der Waals surface area contributed by atoms with E-state index in [1.165, 1.54) is 29.2 Å². The molecule has 1 fully saturated rings. The van der Waals surface area contributed by atoms with E-state index in [-0.39, 0.29) is 6.10 Å². The number of fused-ring (bicyclic) bond motifs is 1. The highest BCUT2D eigenvalue weighted by Crippen LogP contribution is 2.40. The zero-order valence-electron chi connectivity index (χ0n) is 15.0. The molecular weight excluding hydrogens is 296 g/mol. The minimum absolute atomic E-state index is 0.0126. The second-order valence-electron chi connectivity index (χ2n) is 6.77. The fraction of sp³-hybridized carbons (Fsp3) is 0.500. The van der Waals surface area contributed by atoms with Gasteiger partial charge in [-0.25, -0.2) is 0 Å². The van der Waals surface area contributed by atoms with Gasteiger partial charge in [0.15, 0.2) is 5.79 Å². The molecule has 129 valence electrons. The Kier molecular flexibility index (Phi) is 5.91. The monoisotopic (exact) mass is 325 g/mol. The maximum atomic E-state index is 6.59. The lowest BCUT2D eigenvalue weighted by Gasteiger charge is -2.42. The van der Waals surface area contributed by atoms with Gasteiger partial charge in [0, 0.05) is 19.3 Å². The van der Waals surface area contributed by atoms with Crippen LogP contribution < -0.4 is 0 Å². The summed E-state index contributed by atoms with van der Waals surface area (Å²) in [4.78, 5) is 0. The van der Waals surface area contributed by atoms with Crippen LogP contribution in [0.3, 0.4) is 0 Å². The van der Waals surface area contributed by atoms with Gasteiger partial charge in [-0.15, -0.1) is 0 Å². The minimum Gasteiger partial charge on any atom is -0.349 e. The van der Waals surface area contributed by atoms with Crippen LogP contribution in [0.1, 0.15) is 64.0 Å². The van der Waals surface area contributed by atoms with Gasteiger partial charge in [0.05, 0.1) is 12.7 Å². The average Bonchev–Trinajstić information content (AvgIpc) is 2.64. The highest BCUT2D eigenvalue weighted by molar-refractivity contribution is 5.86. The van der Waals surface area contributed by atoms with Crippen molar-refractivity contribution >= 4 is 10.8 Å². The molecule has 1 aliphatic heterocycles. The van der Waals surface area contributed by atoms with Gasteiger partial charge in [0.2, 0.25) is 0 Å². The van der Waals surface area contributed by atoms with Gasteiger partial charge >= 0.3 is 0 Å². The van der Waals surface area contributed by atoms with Crippen LogP contribution in [-0.2, 0) is 9.47 Å². The molecule has 2 aromatic carbocycles. The van der Waals surface area contributed by atoms with E-state index in [0.29, 0.717) is 6.61 Å². The predicted molar refractivity (Wildman–Crippen MR) is 99.8 cm³/mol. The SMILES string of the molecule is CCCCC1(CCCC)OC[CH]C(c2cccc3ccccc23)O1. The molecule has 3 rings (SSSR count). The highest BCUT2D eigenvalue weighted by Gasteiger charge is 2.38. The smallest absolute Gasteiger partial charge is 0.169 e. The average molecular weight is 325 g/mol. The zero-order chi connectivity index (χ0) is 16.8. The molecule has 0 bridgehead atoms. The molecule has 0 saturated carbocycles. The lowest BCUT2D eigenvalue weighted by Crippen LogP contribution is -2.42. The first-order chi connectivity index (χ1) is 11.8. The van der Waals surface area contributed by atoms with Crippen molar-refractivity contribution in [1.29, 1.82) is 0 Å². The van der Waals surface area contributed by atoms with Crippen molar-refractivity contribution in [2.75, 3.05) is 6.61 Å². The summed E-state index contributed by atoms with van der Waals surface area (Å²) in [7, 11) is 0. The zero-order valence-corrected chi connectivity index (χ0v) is 15.0.